The van der Waals surface area contributed by atoms with Crippen LogP contribution in [-0.4, -0.2) is 15.8 Å². The third-order valence-electron chi connectivity index (χ3n) is 2.11. The molecule has 0 saturated heterocycles. The van der Waals surface area contributed by atoms with Gasteiger partial charge >= 0.3 is 0 Å². The predicted molar refractivity (Wildman–Crippen MR) is 62.5 cm³/mol. The van der Waals surface area contributed by atoms with Crippen LogP contribution in [-0.2, 0) is 4.79 Å². The quantitative estimate of drug-likeness (QED) is 0.368. The molecule has 0 aliphatic heterocycles. The first-order valence-electron chi connectivity index (χ1n) is 4.71. The average Bonchev–Trinajstić information content (AvgIpc) is 2.35. The van der Waals surface area contributed by atoms with E-state index in [0.717, 1.165) is 24.3 Å². The zero-order valence-corrected chi connectivity index (χ0v) is 9.27. The number of benzene rings is 1. The maximum atomic E-state index is 10.8. The molecule has 0 aliphatic carbocycles. The Balaban J connectivity index is 3.45. The van der Waals surface area contributed by atoms with Gasteiger partial charge in [0.25, 0.3) is 17.3 Å². The van der Waals surface area contributed by atoms with Crippen molar-refractivity contribution in [1.29, 1.82) is 5.26 Å². The molecule has 1 amide bonds. The standard InChI is InChI=1S/C10H6N4O5/c11-5-7(10(12)15)3-6-1-2-8(13(16)17)4-9(6)14(18)19/h1-4H,(H2,12,15)/b7-3+. The van der Waals surface area contributed by atoms with Crippen LogP contribution in [0.15, 0.2) is 23.8 Å². The molecule has 0 bridgehead atoms. The van der Waals surface area contributed by atoms with Crippen LogP contribution >= 0.6 is 0 Å². The van der Waals surface area contributed by atoms with E-state index in [1.165, 1.54) is 6.07 Å². The Bertz CT molecular complexity index is 644. The summed E-state index contributed by atoms with van der Waals surface area (Å²) in [6.07, 6.45) is 0.907. The Labute approximate surface area is 105 Å². The van der Waals surface area contributed by atoms with Crippen molar-refractivity contribution in [2.75, 3.05) is 0 Å². The topological polar surface area (TPSA) is 153 Å². The summed E-state index contributed by atoms with van der Waals surface area (Å²) >= 11 is 0. The first kappa shape index (κ1) is 13.8. The molecule has 0 saturated carbocycles. The lowest BCUT2D eigenvalue weighted by Gasteiger charge is -1.98. The fraction of sp³-hybridized carbons (Fsp3) is 0. The summed E-state index contributed by atoms with van der Waals surface area (Å²) in [6, 6.07) is 4.31. The largest absolute Gasteiger partial charge is 0.365 e. The van der Waals surface area contributed by atoms with E-state index >= 15 is 0 Å². The Morgan fingerprint density at radius 3 is 2.37 bits per heavy atom. The predicted octanol–water partition coefficient (Wildman–Crippen LogP) is 0.895. The van der Waals surface area contributed by atoms with Gasteiger partial charge in [-0.1, -0.05) is 0 Å². The van der Waals surface area contributed by atoms with Crippen molar-refractivity contribution < 1.29 is 14.6 Å². The third kappa shape index (κ3) is 3.10. The van der Waals surface area contributed by atoms with Gasteiger partial charge in [-0.2, -0.15) is 5.26 Å². The molecule has 1 aromatic carbocycles. The molecular weight excluding hydrogens is 256 g/mol. The summed E-state index contributed by atoms with van der Waals surface area (Å²) in [5.74, 6) is -1.05. The van der Waals surface area contributed by atoms with E-state index in [-0.39, 0.29) is 5.56 Å². The van der Waals surface area contributed by atoms with Crippen molar-refractivity contribution in [2.24, 2.45) is 5.73 Å². The van der Waals surface area contributed by atoms with E-state index in [1.807, 2.05) is 0 Å². The van der Waals surface area contributed by atoms with Crippen LogP contribution in [0.5, 0.6) is 0 Å². The van der Waals surface area contributed by atoms with Crippen LogP contribution in [0.3, 0.4) is 0 Å². The summed E-state index contributed by atoms with van der Waals surface area (Å²) < 4.78 is 0. The van der Waals surface area contributed by atoms with Gasteiger partial charge in [-0.3, -0.25) is 25.0 Å². The van der Waals surface area contributed by atoms with Gasteiger partial charge in [0.1, 0.15) is 11.6 Å². The van der Waals surface area contributed by atoms with Crippen molar-refractivity contribution in [1.82, 2.24) is 0 Å². The zero-order chi connectivity index (χ0) is 14.6. The van der Waals surface area contributed by atoms with Crippen LogP contribution in [0.2, 0.25) is 0 Å². The van der Waals surface area contributed by atoms with Gasteiger partial charge in [0.2, 0.25) is 0 Å². The van der Waals surface area contributed by atoms with E-state index < -0.39 is 32.7 Å². The Morgan fingerprint density at radius 2 is 1.95 bits per heavy atom. The number of nitriles is 1. The van der Waals surface area contributed by atoms with Crippen LogP contribution in [0.1, 0.15) is 5.56 Å². The fourth-order valence-electron chi connectivity index (χ4n) is 1.24. The molecule has 0 atom stereocenters. The van der Waals surface area contributed by atoms with Gasteiger partial charge in [0, 0.05) is 6.07 Å². The number of carbonyl (C=O) groups is 1. The van der Waals surface area contributed by atoms with E-state index in [0.29, 0.717) is 0 Å². The second kappa shape index (κ2) is 5.37. The molecule has 2 N–H and O–H groups in total. The van der Waals surface area contributed by atoms with Crippen molar-refractivity contribution in [3.63, 3.8) is 0 Å². The normalized spacial score (nSPS) is 10.6. The molecule has 0 radical (unpaired) electrons. The van der Waals surface area contributed by atoms with Gasteiger partial charge in [-0.15, -0.1) is 0 Å². The number of primary amides is 1. The van der Waals surface area contributed by atoms with Gasteiger partial charge in [-0.25, -0.2) is 0 Å². The van der Waals surface area contributed by atoms with E-state index in [2.05, 4.69) is 0 Å². The monoisotopic (exact) mass is 262 g/mol. The molecular formula is C10H6N4O5. The number of nitrogens with zero attached hydrogens (tertiary/aromatic N) is 3. The zero-order valence-electron chi connectivity index (χ0n) is 9.27. The van der Waals surface area contributed by atoms with Crippen LogP contribution in [0, 0.1) is 31.6 Å². The van der Waals surface area contributed by atoms with E-state index in [4.69, 9.17) is 11.0 Å². The summed E-state index contributed by atoms with van der Waals surface area (Å²) in [4.78, 5) is 30.5. The molecule has 0 fully saturated rings. The van der Waals surface area contributed by atoms with Crippen LogP contribution < -0.4 is 5.73 Å². The molecule has 0 aliphatic rings. The lowest BCUT2D eigenvalue weighted by Crippen LogP contribution is -2.12. The van der Waals surface area contributed by atoms with Crippen molar-refractivity contribution in [2.45, 2.75) is 0 Å². The fourth-order valence-corrected chi connectivity index (χ4v) is 1.24. The molecule has 9 heteroatoms. The average molecular weight is 262 g/mol. The summed E-state index contributed by atoms with van der Waals surface area (Å²) in [5, 5.41) is 29.9. The number of nitrogens with two attached hydrogens (primary N) is 1. The second-order valence-electron chi connectivity index (χ2n) is 3.29. The molecule has 96 valence electrons. The summed E-state index contributed by atoms with van der Waals surface area (Å²) in [6.45, 7) is 0. The Morgan fingerprint density at radius 1 is 1.32 bits per heavy atom. The smallest absolute Gasteiger partial charge is 0.283 e. The number of amides is 1. The molecule has 19 heavy (non-hydrogen) atoms. The summed E-state index contributed by atoms with van der Waals surface area (Å²) in [7, 11) is 0. The maximum absolute atomic E-state index is 10.8. The van der Waals surface area contributed by atoms with Gasteiger partial charge in [-0.05, 0) is 12.1 Å². The lowest BCUT2D eigenvalue weighted by molar-refractivity contribution is -0.394. The number of non-ortho nitro benzene ring substituents is 1. The first-order valence-corrected chi connectivity index (χ1v) is 4.71. The van der Waals surface area contributed by atoms with Crippen molar-refractivity contribution in [3.8, 4) is 6.07 Å². The molecule has 0 heterocycles. The van der Waals surface area contributed by atoms with Crippen LogP contribution in [0.25, 0.3) is 6.08 Å². The van der Waals surface area contributed by atoms with Gasteiger partial charge in [0.15, 0.2) is 0 Å². The highest BCUT2D eigenvalue weighted by molar-refractivity contribution is 6.01. The van der Waals surface area contributed by atoms with Crippen molar-refractivity contribution in [3.05, 3.63) is 49.6 Å². The highest BCUT2D eigenvalue weighted by Crippen LogP contribution is 2.26. The van der Waals surface area contributed by atoms with E-state index in [9.17, 15) is 25.0 Å². The number of carbonyl (C=O) groups excluding carboxylic acids is 1. The summed E-state index contributed by atoms with van der Waals surface area (Å²) in [5.41, 5.74) is 3.22. The minimum Gasteiger partial charge on any atom is -0.365 e. The molecule has 1 rings (SSSR count). The van der Waals surface area contributed by atoms with Crippen LogP contribution in [0.4, 0.5) is 11.4 Å². The molecule has 0 spiro atoms. The highest BCUT2D eigenvalue weighted by atomic mass is 16.6. The minimum atomic E-state index is -1.05. The molecule has 1 aromatic rings. The molecule has 0 unspecified atom stereocenters. The van der Waals surface area contributed by atoms with Gasteiger partial charge in [0.05, 0.1) is 21.5 Å². The molecule has 9 nitrogen and oxygen atoms in total. The minimum absolute atomic E-state index is 0.119. The SMILES string of the molecule is N#C/C(=C\c1ccc([N+](=O)[O-])cc1[N+](=O)[O-])C(N)=O. The lowest BCUT2D eigenvalue weighted by atomic mass is 10.1. The number of nitro groups is 2. The number of rotatable bonds is 4. The Kier molecular flexibility index (Phi) is 3.89. The van der Waals surface area contributed by atoms with E-state index in [1.54, 1.807) is 0 Å². The van der Waals surface area contributed by atoms with Gasteiger partial charge < -0.3 is 5.73 Å². The number of hydrogen-bond acceptors (Lipinski definition) is 6. The number of hydrogen-bond donors (Lipinski definition) is 1. The first-order chi connectivity index (χ1) is 8.86. The Hall–Kier alpha value is -3.28. The highest BCUT2D eigenvalue weighted by Gasteiger charge is 2.19. The maximum Gasteiger partial charge on any atom is 0.283 e. The number of nitro benzene ring substituents is 2. The third-order valence-corrected chi connectivity index (χ3v) is 2.11. The van der Waals surface area contributed by atoms with Crippen molar-refractivity contribution >= 4 is 23.4 Å². The second-order valence-corrected chi connectivity index (χ2v) is 3.29. The molecule has 0 aromatic heterocycles.